The molecule has 2 aromatic heterocycles. The topological polar surface area (TPSA) is 33.4 Å². The van der Waals surface area contributed by atoms with Crippen LogP contribution in [-0.4, -0.2) is 27.7 Å². The summed E-state index contributed by atoms with van der Waals surface area (Å²) >= 11 is 0. The molecule has 1 aliphatic rings. The van der Waals surface area contributed by atoms with Gasteiger partial charge in [0.25, 0.3) is 0 Å². The van der Waals surface area contributed by atoms with E-state index in [1.54, 1.807) is 30.3 Å². The number of hydrogen-bond donors (Lipinski definition) is 0. The third kappa shape index (κ3) is 3.34. The lowest BCUT2D eigenvalue weighted by Crippen LogP contribution is -2.39. The molecule has 2 atom stereocenters. The van der Waals surface area contributed by atoms with Crippen molar-refractivity contribution in [3.63, 3.8) is 0 Å². The van der Waals surface area contributed by atoms with Crippen molar-refractivity contribution in [2.45, 2.75) is 33.4 Å². The van der Waals surface area contributed by atoms with E-state index in [1.807, 2.05) is 13.0 Å². The minimum absolute atomic E-state index is 0.0381. The number of nitrogens with zero attached hydrogens (tertiary/aromatic N) is 4. The lowest BCUT2D eigenvalue weighted by atomic mass is 9.92. The van der Waals surface area contributed by atoms with Crippen LogP contribution in [0.2, 0.25) is 0 Å². The van der Waals surface area contributed by atoms with Gasteiger partial charge in [0.1, 0.15) is 5.82 Å². The largest absolute Gasteiger partial charge is 0.435 e. The van der Waals surface area contributed by atoms with E-state index < -0.39 is 11.9 Å². The number of benzene rings is 1. The Morgan fingerprint density at radius 3 is 2.29 bits per heavy atom. The zero-order chi connectivity index (χ0) is 20.1. The molecule has 1 fully saturated rings. The second-order valence-electron chi connectivity index (χ2n) is 7.93. The molecular weight excluding hydrogens is 365 g/mol. The summed E-state index contributed by atoms with van der Waals surface area (Å²) in [4.78, 5) is 6.59. The molecule has 148 valence electrons. The van der Waals surface area contributed by atoms with Crippen molar-refractivity contribution in [1.29, 1.82) is 0 Å². The molecule has 4 nitrogen and oxygen atoms in total. The molecule has 0 radical (unpaired) electrons. The van der Waals surface area contributed by atoms with Crippen LogP contribution in [0.4, 0.5) is 19.0 Å². The third-order valence-corrected chi connectivity index (χ3v) is 5.22. The Morgan fingerprint density at radius 2 is 1.68 bits per heavy atom. The maximum Gasteiger partial charge on any atom is 0.435 e. The van der Waals surface area contributed by atoms with Crippen LogP contribution in [0.15, 0.2) is 36.4 Å². The first-order chi connectivity index (χ1) is 13.2. The number of anilines is 1. The number of aromatic nitrogens is 3. The highest BCUT2D eigenvalue weighted by atomic mass is 19.4. The predicted molar refractivity (Wildman–Crippen MR) is 103 cm³/mol. The van der Waals surface area contributed by atoms with E-state index in [-0.39, 0.29) is 11.2 Å². The molecule has 0 saturated carbocycles. The molecule has 0 aliphatic carbocycles. The number of aryl methyl sites for hydroxylation is 1. The van der Waals surface area contributed by atoms with Crippen LogP contribution in [0.25, 0.3) is 16.8 Å². The average molecular weight is 388 g/mol. The summed E-state index contributed by atoms with van der Waals surface area (Å²) in [6, 6.07) is 10.4. The smallest absolute Gasteiger partial charge is 0.356 e. The molecule has 7 heteroatoms. The Balaban J connectivity index is 1.98. The van der Waals surface area contributed by atoms with Crippen LogP contribution in [0.1, 0.15) is 31.7 Å². The molecule has 1 aromatic carbocycles. The van der Waals surface area contributed by atoms with Crippen LogP contribution < -0.4 is 4.90 Å². The Morgan fingerprint density at radius 1 is 1.04 bits per heavy atom. The number of fused-ring (bicyclic) bond motifs is 1. The van der Waals surface area contributed by atoms with Crippen LogP contribution in [0.5, 0.6) is 0 Å². The van der Waals surface area contributed by atoms with E-state index in [0.29, 0.717) is 28.9 Å². The van der Waals surface area contributed by atoms with Crippen LogP contribution in [0.3, 0.4) is 0 Å². The van der Waals surface area contributed by atoms with Crippen molar-refractivity contribution in [2.75, 3.05) is 18.0 Å². The summed E-state index contributed by atoms with van der Waals surface area (Å²) in [5.41, 5.74) is 0.542. The van der Waals surface area contributed by atoms with Gasteiger partial charge >= 0.3 is 6.18 Å². The van der Waals surface area contributed by atoms with Gasteiger partial charge in [-0.2, -0.15) is 22.8 Å². The SMILES string of the molecule is Cc1cc(N2C[C@@H](C)C[C@H](C)C2)n2nc(C(F)(F)F)c(-c3ccccc3)c2n1. The van der Waals surface area contributed by atoms with Crippen LogP contribution >= 0.6 is 0 Å². The molecule has 1 saturated heterocycles. The summed E-state index contributed by atoms with van der Waals surface area (Å²) in [5, 5.41) is 4.01. The lowest BCUT2D eigenvalue weighted by Gasteiger charge is -2.36. The molecule has 3 aromatic rings. The number of piperidine rings is 1. The number of alkyl halides is 3. The van der Waals surface area contributed by atoms with Crippen molar-refractivity contribution >= 4 is 11.5 Å². The highest BCUT2D eigenvalue weighted by molar-refractivity contribution is 5.81. The minimum atomic E-state index is -4.56. The van der Waals surface area contributed by atoms with Gasteiger partial charge < -0.3 is 4.90 Å². The van der Waals surface area contributed by atoms with E-state index in [9.17, 15) is 13.2 Å². The van der Waals surface area contributed by atoms with Crippen molar-refractivity contribution in [1.82, 2.24) is 14.6 Å². The molecule has 4 rings (SSSR count). The Bertz CT molecular complexity index is 984. The summed E-state index contributed by atoms with van der Waals surface area (Å²) in [5.74, 6) is 1.62. The summed E-state index contributed by atoms with van der Waals surface area (Å²) in [7, 11) is 0. The first-order valence-electron chi connectivity index (χ1n) is 9.52. The summed E-state index contributed by atoms with van der Waals surface area (Å²) in [6.07, 6.45) is -3.45. The number of hydrogen-bond acceptors (Lipinski definition) is 3. The van der Waals surface area contributed by atoms with Gasteiger partial charge in [0.05, 0.1) is 5.56 Å². The molecule has 1 aliphatic heterocycles. The average Bonchev–Trinajstić information content (AvgIpc) is 3.00. The molecule has 3 heterocycles. The Hall–Kier alpha value is -2.57. The van der Waals surface area contributed by atoms with Gasteiger partial charge in [-0.25, -0.2) is 4.98 Å². The van der Waals surface area contributed by atoms with Gasteiger partial charge in [-0.15, -0.1) is 0 Å². The maximum atomic E-state index is 13.9. The molecule has 28 heavy (non-hydrogen) atoms. The summed E-state index contributed by atoms with van der Waals surface area (Å²) in [6.45, 7) is 7.76. The molecule has 0 unspecified atom stereocenters. The van der Waals surface area contributed by atoms with Gasteiger partial charge in [-0.1, -0.05) is 44.2 Å². The molecule has 0 spiro atoms. The summed E-state index contributed by atoms with van der Waals surface area (Å²) < 4.78 is 42.9. The number of halogens is 3. The zero-order valence-corrected chi connectivity index (χ0v) is 16.2. The highest BCUT2D eigenvalue weighted by Gasteiger charge is 2.39. The van der Waals surface area contributed by atoms with E-state index in [1.165, 1.54) is 4.52 Å². The Labute approximate surface area is 162 Å². The zero-order valence-electron chi connectivity index (χ0n) is 16.2. The molecule has 0 amide bonds. The van der Waals surface area contributed by atoms with Gasteiger partial charge in [0.15, 0.2) is 11.3 Å². The second-order valence-corrected chi connectivity index (χ2v) is 7.93. The standard InChI is InChI=1S/C21H23F3N4/c1-13-9-14(2)12-27(11-13)17-10-15(3)25-20-18(16-7-5-4-6-8-16)19(21(22,23)24)26-28(17)20/h4-8,10,13-14H,9,11-12H2,1-3H3/t13-,14-/m0/s1. The third-order valence-electron chi connectivity index (χ3n) is 5.22. The first kappa shape index (κ1) is 18.8. The monoisotopic (exact) mass is 388 g/mol. The first-order valence-corrected chi connectivity index (χ1v) is 9.52. The second kappa shape index (κ2) is 6.79. The van der Waals surface area contributed by atoms with Gasteiger partial charge in [-0.3, -0.25) is 0 Å². The van der Waals surface area contributed by atoms with E-state index in [0.717, 1.165) is 19.5 Å². The van der Waals surface area contributed by atoms with Crippen LogP contribution in [0, 0.1) is 18.8 Å². The fourth-order valence-corrected chi connectivity index (χ4v) is 4.26. The van der Waals surface area contributed by atoms with Gasteiger partial charge in [0, 0.05) is 24.8 Å². The van der Waals surface area contributed by atoms with Gasteiger partial charge in [0.2, 0.25) is 0 Å². The minimum Gasteiger partial charge on any atom is -0.356 e. The van der Waals surface area contributed by atoms with E-state index >= 15 is 0 Å². The molecule has 0 N–H and O–H groups in total. The van der Waals surface area contributed by atoms with Crippen molar-refractivity contribution in [3.05, 3.63) is 47.8 Å². The van der Waals surface area contributed by atoms with Crippen molar-refractivity contribution in [2.24, 2.45) is 11.8 Å². The number of rotatable bonds is 2. The van der Waals surface area contributed by atoms with Crippen molar-refractivity contribution < 1.29 is 13.2 Å². The predicted octanol–water partition coefficient (Wildman–Crippen LogP) is 5.21. The Kier molecular flexibility index (Phi) is 4.56. The van der Waals surface area contributed by atoms with E-state index in [4.69, 9.17) is 0 Å². The fourth-order valence-electron chi connectivity index (χ4n) is 4.26. The van der Waals surface area contributed by atoms with Gasteiger partial charge in [-0.05, 0) is 30.7 Å². The fraction of sp³-hybridized carbons (Fsp3) is 0.429. The maximum absolute atomic E-state index is 13.9. The van der Waals surface area contributed by atoms with Crippen molar-refractivity contribution in [3.8, 4) is 11.1 Å². The van der Waals surface area contributed by atoms with Crippen LogP contribution in [-0.2, 0) is 6.18 Å². The molecule has 0 bridgehead atoms. The highest BCUT2D eigenvalue weighted by Crippen LogP contribution is 2.40. The lowest BCUT2D eigenvalue weighted by molar-refractivity contribution is -0.140. The quantitative estimate of drug-likeness (QED) is 0.605. The normalized spacial score (nSPS) is 20.7. The van der Waals surface area contributed by atoms with E-state index in [2.05, 4.69) is 28.8 Å². The molecular formula is C21H23F3N4.